The van der Waals surface area contributed by atoms with Gasteiger partial charge in [0.15, 0.2) is 5.11 Å². The number of methoxy groups -OCH3 is 1. The molecular formula is C19H18ClN3O2S. The highest BCUT2D eigenvalue weighted by Crippen LogP contribution is 2.30. The third-order valence-corrected chi connectivity index (χ3v) is 4.61. The molecule has 0 spiro atoms. The van der Waals surface area contributed by atoms with Gasteiger partial charge in [0.1, 0.15) is 5.75 Å². The van der Waals surface area contributed by atoms with Gasteiger partial charge in [0, 0.05) is 5.70 Å². The number of benzene rings is 2. The number of anilines is 1. The molecule has 0 fully saturated rings. The van der Waals surface area contributed by atoms with Crippen molar-refractivity contribution in [3.63, 3.8) is 0 Å². The number of rotatable bonds is 4. The summed E-state index contributed by atoms with van der Waals surface area (Å²) in [4.78, 5) is 13.0. The lowest BCUT2D eigenvalue weighted by Gasteiger charge is -2.30. The normalized spacial score (nSPS) is 16.6. The maximum Gasteiger partial charge on any atom is 0.255 e. The number of carbonyl (C=O) groups is 1. The molecular weight excluding hydrogens is 370 g/mol. The number of hydrogen-bond donors (Lipinski definition) is 3. The van der Waals surface area contributed by atoms with E-state index in [1.165, 1.54) is 0 Å². The molecule has 3 rings (SSSR count). The third-order valence-electron chi connectivity index (χ3n) is 4.06. The average molecular weight is 388 g/mol. The third kappa shape index (κ3) is 3.81. The molecule has 0 aromatic heterocycles. The summed E-state index contributed by atoms with van der Waals surface area (Å²) < 4.78 is 5.30. The molecule has 0 bridgehead atoms. The Morgan fingerprint density at radius 1 is 1.23 bits per heavy atom. The number of amides is 1. The maximum absolute atomic E-state index is 13.0. The summed E-state index contributed by atoms with van der Waals surface area (Å²) in [5, 5.41) is 9.98. The van der Waals surface area contributed by atoms with Crippen LogP contribution in [-0.2, 0) is 4.79 Å². The van der Waals surface area contributed by atoms with Crippen LogP contribution in [0.25, 0.3) is 0 Å². The lowest BCUT2D eigenvalue weighted by atomic mass is 9.94. The molecule has 26 heavy (non-hydrogen) atoms. The van der Waals surface area contributed by atoms with Crippen LogP contribution in [0.5, 0.6) is 5.75 Å². The van der Waals surface area contributed by atoms with E-state index in [0.29, 0.717) is 32.8 Å². The molecule has 0 radical (unpaired) electrons. The molecule has 0 unspecified atom stereocenters. The second-order valence-corrected chi connectivity index (χ2v) is 6.60. The number of allylic oxidation sites excluding steroid dienone is 1. The van der Waals surface area contributed by atoms with Gasteiger partial charge in [0.2, 0.25) is 0 Å². The Balaban J connectivity index is 1.97. The zero-order chi connectivity index (χ0) is 18.7. The minimum absolute atomic E-state index is 0.258. The van der Waals surface area contributed by atoms with Gasteiger partial charge in [-0.1, -0.05) is 35.9 Å². The van der Waals surface area contributed by atoms with Crippen molar-refractivity contribution in [2.45, 2.75) is 13.0 Å². The summed E-state index contributed by atoms with van der Waals surface area (Å²) in [5.41, 5.74) is 2.65. The molecule has 1 heterocycles. The van der Waals surface area contributed by atoms with E-state index in [4.69, 9.17) is 28.6 Å². The molecule has 2 aromatic rings. The number of carbonyl (C=O) groups excluding carboxylic acids is 1. The summed E-state index contributed by atoms with van der Waals surface area (Å²) >= 11 is 11.4. The van der Waals surface area contributed by atoms with Crippen molar-refractivity contribution in [3.05, 3.63) is 70.4 Å². The van der Waals surface area contributed by atoms with Gasteiger partial charge in [-0.15, -0.1) is 0 Å². The van der Waals surface area contributed by atoms with Crippen molar-refractivity contribution in [3.8, 4) is 5.75 Å². The van der Waals surface area contributed by atoms with Gasteiger partial charge in [-0.25, -0.2) is 0 Å². The second-order valence-electron chi connectivity index (χ2n) is 5.78. The molecule has 1 aliphatic heterocycles. The van der Waals surface area contributed by atoms with Gasteiger partial charge in [-0.3, -0.25) is 4.79 Å². The fourth-order valence-electron chi connectivity index (χ4n) is 2.82. The highest BCUT2D eigenvalue weighted by molar-refractivity contribution is 7.80. The summed E-state index contributed by atoms with van der Waals surface area (Å²) in [6, 6.07) is 14.2. The molecule has 7 heteroatoms. The minimum Gasteiger partial charge on any atom is -0.497 e. The van der Waals surface area contributed by atoms with E-state index < -0.39 is 6.04 Å². The van der Waals surface area contributed by atoms with E-state index in [2.05, 4.69) is 16.0 Å². The van der Waals surface area contributed by atoms with Crippen molar-refractivity contribution >= 4 is 40.5 Å². The largest absolute Gasteiger partial charge is 0.497 e. The average Bonchev–Trinajstić information content (AvgIpc) is 2.63. The zero-order valence-electron chi connectivity index (χ0n) is 14.3. The van der Waals surface area contributed by atoms with Crippen LogP contribution in [0.4, 0.5) is 5.69 Å². The lowest BCUT2D eigenvalue weighted by Crippen LogP contribution is -2.45. The molecule has 0 saturated carbocycles. The van der Waals surface area contributed by atoms with Crippen LogP contribution in [0.1, 0.15) is 18.5 Å². The Bertz CT molecular complexity index is 898. The number of nitrogens with one attached hydrogen (secondary N) is 3. The van der Waals surface area contributed by atoms with E-state index in [-0.39, 0.29) is 5.91 Å². The zero-order valence-corrected chi connectivity index (χ0v) is 15.9. The molecule has 134 valence electrons. The Morgan fingerprint density at radius 3 is 2.73 bits per heavy atom. The SMILES string of the molecule is COc1cccc([C@@H]2NC(=S)NC(C)=C2C(=O)Nc2ccccc2Cl)c1. The Labute approximate surface area is 162 Å². The fraction of sp³-hybridized carbons (Fsp3) is 0.158. The quantitative estimate of drug-likeness (QED) is 0.697. The predicted molar refractivity (Wildman–Crippen MR) is 107 cm³/mol. The summed E-state index contributed by atoms with van der Waals surface area (Å²) in [6.45, 7) is 1.82. The first-order valence-corrected chi connectivity index (χ1v) is 8.76. The van der Waals surface area contributed by atoms with Crippen LogP contribution in [0.15, 0.2) is 59.8 Å². The number of thiocarbonyl (C=S) groups is 1. The van der Waals surface area contributed by atoms with E-state index in [9.17, 15) is 4.79 Å². The van der Waals surface area contributed by atoms with E-state index in [1.807, 2.05) is 43.3 Å². The topological polar surface area (TPSA) is 62.4 Å². The Hall–Kier alpha value is -2.57. The first kappa shape index (κ1) is 18.2. The number of para-hydroxylation sites is 1. The molecule has 0 saturated heterocycles. The monoisotopic (exact) mass is 387 g/mol. The van der Waals surface area contributed by atoms with Crippen LogP contribution in [0, 0.1) is 0 Å². The Kier molecular flexibility index (Phi) is 5.44. The first-order chi connectivity index (χ1) is 12.5. The van der Waals surface area contributed by atoms with Gasteiger partial charge in [-0.05, 0) is 49.0 Å². The summed E-state index contributed by atoms with van der Waals surface area (Å²) in [7, 11) is 1.60. The van der Waals surface area contributed by atoms with Crippen molar-refractivity contribution in [2.75, 3.05) is 12.4 Å². The summed E-state index contributed by atoms with van der Waals surface area (Å²) in [5.74, 6) is 0.447. The van der Waals surface area contributed by atoms with Crippen molar-refractivity contribution < 1.29 is 9.53 Å². The van der Waals surface area contributed by atoms with Gasteiger partial charge < -0.3 is 20.7 Å². The van der Waals surface area contributed by atoms with Gasteiger partial charge in [-0.2, -0.15) is 0 Å². The second kappa shape index (κ2) is 7.76. The molecule has 1 amide bonds. The predicted octanol–water partition coefficient (Wildman–Crippen LogP) is 3.78. The maximum atomic E-state index is 13.0. The van der Waals surface area contributed by atoms with E-state index >= 15 is 0 Å². The lowest BCUT2D eigenvalue weighted by molar-refractivity contribution is -0.113. The molecule has 3 N–H and O–H groups in total. The van der Waals surface area contributed by atoms with Gasteiger partial charge in [0.25, 0.3) is 5.91 Å². The standard InChI is InChI=1S/C19H18ClN3O2S/c1-11-16(18(24)22-15-9-4-3-8-14(15)20)17(23-19(26)21-11)12-6-5-7-13(10-12)25-2/h3-10,17H,1-2H3,(H,22,24)(H2,21,23,26)/t17-/m0/s1. The van der Waals surface area contributed by atoms with Gasteiger partial charge in [0.05, 0.1) is 29.4 Å². The highest BCUT2D eigenvalue weighted by atomic mass is 35.5. The number of halogens is 1. The van der Waals surface area contributed by atoms with E-state index in [0.717, 1.165) is 5.56 Å². The molecule has 1 aliphatic rings. The molecule has 2 aromatic carbocycles. The van der Waals surface area contributed by atoms with Crippen LogP contribution < -0.4 is 20.7 Å². The van der Waals surface area contributed by atoms with Crippen molar-refractivity contribution in [1.29, 1.82) is 0 Å². The van der Waals surface area contributed by atoms with E-state index in [1.54, 1.807) is 19.2 Å². The Morgan fingerprint density at radius 2 is 2.00 bits per heavy atom. The smallest absolute Gasteiger partial charge is 0.255 e. The number of hydrogen-bond acceptors (Lipinski definition) is 3. The van der Waals surface area contributed by atoms with Crippen LogP contribution in [0.2, 0.25) is 5.02 Å². The molecule has 1 atom stereocenters. The number of ether oxygens (including phenoxy) is 1. The fourth-order valence-corrected chi connectivity index (χ4v) is 3.27. The van der Waals surface area contributed by atoms with Crippen molar-refractivity contribution in [2.24, 2.45) is 0 Å². The summed E-state index contributed by atoms with van der Waals surface area (Å²) in [6.07, 6.45) is 0. The van der Waals surface area contributed by atoms with Crippen LogP contribution in [-0.4, -0.2) is 18.1 Å². The van der Waals surface area contributed by atoms with Crippen LogP contribution >= 0.6 is 23.8 Å². The molecule has 5 nitrogen and oxygen atoms in total. The molecule has 0 aliphatic carbocycles. The first-order valence-electron chi connectivity index (χ1n) is 7.97. The van der Waals surface area contributed by atoms with Crippen LogP contribution in [0.3, 0.4) is 0 Å². The van der Waals surface area contributed by atoms with Crippen molar-refractivity contribution in [1.82, 2.24) is 10.6 Å². The van der Waals surface area contributed by atoms with Gasteiger partial charge >= 0.3 is 0 Å². The minimum atomic E-state index is -0.402. The highest BCUT2D eigenvalue weighted by Gasteiger charge is 2.30.